The standard InChI is InChI=1S/C10H11N3S/c11-7-1-4-9-10(5-7)14-12-6-13(9)8-2-3-8/h1,4-6,8H,2-3,11H2. The summed E-state index contributed by atoms with van der Waals surface area (Å²) in [7, 11) is 0. The van der Waals surface area contributed by atoms with Gasteiger partial charge < -0.3 is 10.6 Å². The molecule has 3 rings (SSSR count). The number of hydrogen-bond donors (Lipinski definition) is 1. The Balaban J connectivity index is 2.04. The van der Waals surface area contributed by atoms with Crippen LogP contribution >= 0.6 is 11.9 Å². The Bertz CT molecular complexity index is 398. The lowest BCUT2D eigenvalue weighted by Gasteiger charge is -2.24. The van der Waals surface area contributed by atoms with Crippen molar-refractivity contribution in [3.63, 3.8) is 0 Å². The quantitative estimate of drug-likeness (QED) is 0.565. The van der Waals surface area contributed by atoms with Gasteiger partial charge in [0.1, 0.15) is 6.34 Å². The molecule has 14 heavy (non-hydrogen) atoms. The Morgan fingerprint density at radius 3 is 3.07 bits per heavy atom. The van der Waals surface area contributed by atoms with Crippen LogP contribution in [-0.4, -0.2) is 12.4 Å². The van der Waals surface area contributed by atoms with Gasteiger partial charge in [0, 0.05) is 23.7 Å². The number of nitrogens with zero attached hydrogens (tertiary/aromatic N) is 2. The molecule has 3 nitrogen and oxygen atoms in total. The van der Waals surface area contributed by atoms with Gasteiger partial charge in [-0.15, -0.1) is 0 Å². The molecule has 0 bridgehead atoms. The van der Waals surface area contributed by atoms with E-state index < -0.39 is 0 Å². The lowest BCUT2D eigenvalue weighted by Crippen LogP contribution is -2.25. The largest absolute Gasteiger partial charge is 0.399 e. The molecule has 2 aliphatic rings. The highest BCUT2D eigenvalue weighted by atomic mass is 32.2. The second kappa shape index (κ2) is 2.92. The van der Waals surface area contributed by atoms with Crippen molar-refractivity contribution < 1.29 is 0 Å². The van der Waals surface area contributed by atoms with Crippen LogP contribution in [0.4, 0.5) is 11.4 Å². The minimum Gasteiger partial charge on any atom is -0.399 e. The molecule has 1 fully saturated rings. The molecule has 0 saturated heterocycles. The van der Waals surface area contributed by atoms with Gasteiger partial charge in [-0.2, -0.15) is 0 Å². The minimum atomic E-state index is 0.669. The van der Waals surface area contributed by atoms with E-state index in [0.29, 0.717) is 6.04 Å². The van der Waals surface area contributed by atoms with Crippen molar-refractivity contribution in [2.75, 3.05) is 10.6 Å². The summed E-state index contributed by atoms with van der Waals surface area (Å²) < 4.78 is 4.26. The van der Waals surface area contributed by atoms with Gasteiger partial charge in [0.05, 0.1) is 10.6 Å². The molecule has 72 valence electrons. The third kappa shape index (κ3) is 1.26. The fourth-order valence-corrected chi connectivity index (χ4v) is 2.37. The minimum absolute atomic E-state index is 0.669. The molecule has 0 aromatic heterocycles. The Labute approximate surface area is 87.1 Å². The molecule has 0 radical (unpaired) electrons. The molecule has 4 heteroatoms. The molecule has 1 aromatic rings. The zero-order valence-electron chi connectivity index (χ0n) is 7.68. The van der Waals surface area contributed by atoms with E-state index in [2.05, 4.69) is 15.4 Å². The van der Waals surface area contributed by atoms with Crippen molar-refractivity contribution in [3.8, 4) is 0 Å². The molecule has 2 N–H and O–H groups in total. The third-order valence-corrected chi connectivity index (χ3v) is 3.25. The molecule has 0 spiro atoms. The predicted molar refractivity (Wildman–Crippen MR) is 60.7 cm³/mol. The van der Waals surface area contributed by atoms with Crippen molar-refractivity contribution in [1.82, 2.24) is 0 Å². The molecule has 1 aliphatic heterocycles. The fourth-order valence-electron chi connectivity index (χ4n) is 1.65. The number of nitrogen functional groups attached to an aromatic ring is 1. The average molecular weight is 205 g/mol. The number of benzene rings is 1. The number of hydrogen-bond acceptors (Lipinski definition) is 4. The summed E-state index contributed by atoms with van der Waals surface area (Å²) in [6.07, 6.45) is 4.49. The maximum absolute atomic E-state index is 5.74. The number of fused-ring (bicyclic) bond motifs is 1. The highest BCUT2D eigenvalue weighted by molar-refractivity contribution is 7.98. The van der Waals surface area contributed by atoms with E-state index in [9.17, 15) is 0 Å². The summed E-state index contributed by atoms with van der Waals surface area (Å²) in [6, 6.07) is 6.70. The van der Waals surface area contributed by atoms with E-state index >= 15 is 0 Å². The number of nitrogens with two attached hydrogens (primary N) is 1. The topological polar surface area (TPSA) is 41.6 Å². The molecular formula is C10H11N3S. The lowest BCUT2D eigenvalue weighted by molar-refractivity contribution is 0.997. The maximum Gasteiger partial charge on any atom is 0.104 e. The van der Waals surface area contributed by atoms with Crippen LogP contribution in [0, 0.1) is 0 Å². The summed E-state index contributed by atoms with van der Waals surface area (Å²) in [5.41, 5.74) is 7.80. The van der Waals surface area contributed by atoms with Crippen LogP contribution in [0.2, 0.25) is 0 Å². The van der Waals surface area contributed by atoms with Crippen LogP contribution in [0.5, 0.6) is 0 Å². The molecule has 1 aliphatic carbocycles. The second-order valence-electron chi connectivity index (χ2n) is 3.68. The van der Waals surface area contributed by atoms with Gasteiger partial charge in [0.2, 0.25) is 0 Å². The van der Waals surface area contributed by atoms with Gasteiger partial charge in [-0.1, -0.05) is 0 Å². The van der Waals surface area contributed by atoms with Gasteiger partial charge >= 0.3 is 0 Å². The van der Waals surface area contributed by atoms with Gasteiger partial charge in [0.25, 0.3) is 0 Å². The molecule has 0 atom stereocenters. The van der Waals surface area contributed by atoms with Crippen molar-refractivity contribution in [1.29, 1.82) is 0 Å². The van der Waals surface area contributed by atoms with Crippen molar-refractivity contribution in [3.05, 3.63) is 18.2 Å². The summed E-state index contributed by atoms with van der Waals surface area (Å²) in [6.45, 7) is 0. The van der Waals surface area contributed by atoms with Crippen LogP contribution in [0.25, 0.3) is 0 Å². The number of rotatable bonds is 1. The average Bonchev–Trinajstić information content (AvgIpc) is 2.99. The van der Waals surface area contributed by atoms with Crippen molar-refractivity contribution in [2.45, 2.75) is 23.8 Å². The summed E-state index contributed by atoms with van der Waals surface area (Å²) in [5.74, 6) is 0. The molecule has 0 unspecified atom stereocenters. The SMILES string of the molecule is Nc1ccc2c(c1)SN=CN2C1CC1. The number of anilines is 2. The predicted octanol–water partition coefficient (Wildman–Crippen LogP) is 2.29. The Morgan fingerprint density at radius 1 is 1.43 bits per heavy atom. The van der Waals surface area contributed by atoms with Gasteiger partial charge in [-0.3, -0.25) is 0 Å². The fraction of sp³-hybridized carbons (Fsp3) is 0.300. The summed E-state index contributed by atoms with van der Waals surface area (Å²) in [5, 5.41) is 0. The maximum atomic E-state index is 5.74. The van der Waals surface area contributed by atoms with Crippen LogP contribution < -0.4 is 10.6 Å². The van der Waals surface area contributed by atoms with Crippen LogP contribution in [-0.2, 0) is 0 Å². The second-order valence-corrected chi connectivity index (χ2v) is 4.51. The zero-order chi connectivity index (χ0) is 9.54. The lowest BCUT2D eigenvalue weighted by atomic mass is 10.2. The van der Waals surface area contributed by atoms with E-state index in [0.717, 1.165) is 5.69 Å². The van der Waals surface area contributed by atoms with E-state index in [1.165, 1.54) is 35.4 Å². The monoisotopic (exact) mass is 205 g/mol. The van der Waals surface area contributed by atoms with Crippen molar-refractivity contribution >= 4 is 29.7 Å². The third-order valence-electron chi connectivity index (χ3n) is 2.52. The first-order valence-corrected chi connectivity index (χ1v) is 5.50. The van der Waals surface area contributed by atoms with E-state index in [1.54, 1.807) is 0 Å². The van der Waals surface area contributed by atoms with E-state index in [4.69, 9.17) is 5.73 Å². The molecule has 1 aromatic carbocycles. The molecule has 0 amide bonds. The van der Waals surface area contributed by atoms with Gasteiger partial charge in [-0.05, 0) is 31.0 Å². The molecule has 1 saturated carbocycles. The summed E-state index contributed by atoms with van der Waals surface area (Å²) >= 11 is 1.50. The van der Waals surface area contributed by atoms with E-state index in [-0.39, 0.29) is 0 Å². The Kier molecular flexibility index (Phi) is 1.70. The zero-order valence-corrected chi connectivity index (χ0v) is 8.50. The highest BCUT2D eigenvalue weighted by Gasteiger charge is 2.31. The first-order chi connectivity index (χ1) is 6.84. The highest BCUT2D eigenvalue weighted by Crippen LogP contribution is 2.40. The smallest absolute Gasteiger partial charge is 0.104 e. The Morgan fingerprint density at radius 2 is 2.29 bits per heavy atom. The van der Waals surface area contributed by atoms with E-state index in [1.807, 2.05) is 18.5 Å². The normalized spacial score (nSPS) is 19.6. The van der Waals surface area contributed by atoms with Gasteiger partial charge in [0.15, 0.2) is 0 Å². The van der Waals surface area contributed by atoms with Crippen molar-refractivity contribution in [2.24, 2.45) is 4.40 Å². The van der Waals surface area contributed by atoms with Gasteiger partial charge in [-0.25, -0.2) is 4.40 Å². The first kappa shape index (κ1) is 8.17. The first-order valence-electron chi connectivity index (χ1n) is 4.73. The van der Waals surface area contributed by atoms with Crippen LogP contribution in [0.1, 0.15) is 12.8 Å². The Hall–Kier alpha value is -1.16. The molecular weight excluding hydrogens is 194 g/mol. The van der Waals surface area contributed by atoms with Crippen LogP contribution in [0.3, 0.4) is 0 Å². The van der Waals surface area contributed by atoms with Crippen LogP contribution in [0.15, 0.2) is 27.5 Å². The summed E-state index contributed by atoms with van der Waals surface area (Å²) in [4.78, 5) is 3.42. The molecule has 1 heterocycles.